The summed E-state index contributed by atoms with van der Waals surface area (Å²) in [6.07, 6.45) is 0. The van der Waals surface area contributed by atoms with Gasteiger partial charge in [0, 0.05) is 11.6 Å². The Kier molecular flexibility index (Phi) is 5.98. The summed E-state index contributed by atoms with van der Waals surface area (Å²) in [5, 5.41) is 7.65. The van der Waals surface area contributed by atoms with Gasteiger partial charge in [-0.25, -0.2) is 4.68 Å². The topological polar surface area (TPSA) is 65.4 Å². The molecule has 1 heterocycles. The van der Waals surface area contributed by atoms with Crippen molar-refractivity contribution in [2.75, 3.05) is 19.0 Å². The summed E-state index contributed by atoms with van der Waals surface area (Å²) in [6, 6.07) is 26.7. The SMILES string of the molecule is COc1ccccc1-c1cc(NC(=O)COc2ccccc2C)n(-c2ccccc2)n1. The monoisotopic (exact) mass is 413 g/mol. The Balaban J connectivity index is 1.62. The van der Waals surface area contributed by atoms with Crippen LogP contribution in [0.1, 0.15) is 5.56 Å². The third-order valence-corrected chi connectivity index (χ3v) is 4.81. The van der Waals surface area contributed by atoms with Gasteiger partial charge in [-0.2, -0.15) is 5.10 Å². The van der Waals surface area contributed by atoms with Crippen molar-refractivity contribution in [3.63, 3.8) is 0 Å². The number of aryl methyl sites for hydroxylation is 1. The Labute approximate surface area is 181 Å². The fourth-order valence-electron chi connectivity index (χ4n) is 3.26. The smallest absolute Gasteiger partial charge is 0.263 e. The van der Waals surface area contributed by atoms with Gasteiger partial charge in [0.25, 0.3) is 5.91 Å². The zero-order chi connectivity index (χ0) is 21.6. The number of nitrogens with zero attached hydrogens (tertiary/aromatic N) is 2. The van der Waals surface area contributed by atoms with Crippen LogP contribution in [0.5, 0.6) is 11.5 Å². The normalized spacial score (nSPS) is 10.5. The highest BCUT2D eigenvalue weighted by atomic mass is 16.5. The van der Waals surface area contributed by atoms with Crippen molar-refractivity contribution in [3.05, 3.63) is 90.5 Å². The molecule has 0 bridgehead atoms. The summed E-state index contributed by atoms with van der Waals surface area (Å²) in [7, 11) is 1.62. The first-order valence-electron chi connectivity index (χ1n) is 9.93. The van der Waals surface area contributed by atoms with Gasteiger partial charge in [-0.15, -0.1) is 0 Å². The maximum absolute atomic E-state index is 12.6. The maximum Gasteiger partial charge on any atom is 0.263 e. The fraction of sp³-hybridized carbons (Fsp3) is 0.120. The second-order valence-corrected chi connectivity index (χ2v) is 6.96. The molecule has 3 aromatic carbocycles. The molecular formula is C25H23N3O3. The van der Waals surface area contributed by atoms with Crippen LogP contribution in [0.25, 0.3) is 16.9 Å². The van der Waals surface area contributed by atoms with E-state index in [1.54, 1.807) is 11.8 Å². The minimum atomic E-state index is -0.271. The molecule has 0 spiro atoms. The molecule has 6 heteroatoms. The molecule has 156 valence electrons. The van der Waals surface area contributed by atoms with Gasteiger partial charge in [0.05, 0.1) is 18.5 Å². The first-order valence-corrected chi connectivity index (χ1v) is 9.93. The summed E-state index contributed by atoms with van der Waals surface area (Å²) in [5.74, 6) is 1.67. The molecule has 0 atom stereocenters. The van der Waals surface area contributed by atoms with Gasteiger partial charge in [0.2, 0.25) is 0 Å². The zero-order valence-corrected chi connectivity index (χ0v) is 17.4. The number of methoxy groups -OCH3 is 1. The van der Waals surface area contributed by atoms with E-state index in [0.29, 0.717) is 23.0 Å². The Morgan fingerprint density at radius 3 is 2.35 bits per heavy atom. The van der Waals surface area contributed by atoms with Crippen LogP contribution in [-0.2, 0) is 4.79 Å². The highest BCUT2D eigenvalue weighted by molar-refractivity contribution is 5.92. The van der Waals surface area contributed by atoms with E-state index in [1.165, 1.54) is 0 Å². The van der Waals surface area contributed by atoms with E-state index >= 15 is 0 Å². The average molecular weight is 413 g/mol. The van der Waals surface area contributed by atoms with Crippen molar-refractivity contribution < 1.29 is 14.3 Å². The van der Waals surface area contributed by atoms with Gasteiger partial charge in [0.15, 0.2) is 6.61 Å². The number of aromatic nitrogens is 2. The minimum Gasteiger partial charge on any atom is -0.496 e. The van der Waals surface area contributed by atoms with Crippen molar-refractivity contribution in [2.24, 2.45) is 0 Å². The lowest BCUT2D eigenvalue weighted by Crippen LogP contribution is -2.22. The van der Waals surface area contributed by atoms with E-state index in [-0.39, 0.29) is 12.5 Å². The number of ether oxygens (including phenoxy) is 2. The lowest BCUT2D eigenvalue weighted by atomic mass is 10.1. The first-order chi connectivity index (χ1) is 15.2. The molecule has 6 nitrogen and oxygen atoms in total. The van der Waals surface area contributed by atoms with E-state index in [0.717, 1.165) is 16.8 Å². The van der Waals surface area contributed by atoms with Crippen molar-refractivity contribution in [2.45, 2.75) is 6.92 Å². The van der Waals surface area contributed by atoms with Crippen LogP contribution >= 0.6 is 0 Å². The maximum atomic E-state index is 12.6. The van der Waals surface area contributed by atoms with E-state index < -0.39 is 0 Å². The van der Waals surface area contributed by atoms with Crippen LogP contribution in [0.4, 0.5) is 5.82 Å². The molecule has 31 heavy (non-hydrogen) atoms. The zero-order valence-electron chi connectivity index (χ0n) is 17.4. The van der Waals surface area contributed by atoms with Crippen molar-refractivity contribution in [1.29, 1.82) is 0 Å². The third kappa shape index (κ3) is 4.59. The van der Waals surface area contributed by atoms with E-state index in [1.807, 2.05) is 91.9 Å². The molecule has 0 aliphatic heterocycles. The molecule has 1 amide bonds. The number of carbonyl (C=O) groups excluding carboxylic acids is 1. The van der Waals surface area contributed by atoms with Crippen molar-refractivity contribution >= 4 is 11.7 Å². The van der Waals surface area contributed by atoms with Crippen LogP contribution < -0.4 is 14.8 Å². The molecule has 0 saturated heterocycles. The molecule has 4 aromatic rings. The molecule has 1 N–H and O–H groups in total. The molecule has 0 aliphatic carbocycles. The molecular weight excluding hydrogens is 390 g/mol. The second kappa shape index (κ2) is 9.17. The third-order valence-electron chi connectivity index (χ3n) is 4.81. The predicted molar refractivity (Wildman–Crippen MR) is 121 cm³/mol. The Hall–Kier alpha value is -4.06. The number of anilines is 1. The van der Waals surface area contributed by atoms with Crippen molar-refractivity contribution in [1.82, 2.24) is 9.78 Å². The molecule has 0 aliphatic rings. The molecule has 4 rings (SSSR count). The number of amides is 1. The number of hydrogen-bond donors (Lipinski definition) is 1. The second-order valence-electron chi connectivity index (χ2n) is 6.96. The Morgan fingerprint density at radius 2 is 1.61 bits per heavy atom. The quantitative estimate of drug-likeness (QED) is 0.469. The van der Waals surface area contributed by atoms with Gasteiger partial charge >= 0.3 is 0 Å². The number of para-hydroxylation sites is 3. The fourth-order valence-corrected chi connectivity index (χ4v) is 3.26. The molecule has 0 fully saturated rings. The lowest BCUT2D eigenvalue weighted by molar-refractivity contribution is -0.118. The van der Waals surface area contributed by atoms with Crippen LogP contribution in [0.2, 0.25) is 0 Å². The van der Waals surface area contributed by atoms with Crippen LogP contribution in [0, 0.1) is 6.92 Å². The summed E-state index contributed by atoms with van der Waals surface area (Å²) in [4.78, 5) is 12.6. The predicted octanol–water partition coefficient (Wildman–Crippen LogP) is 4.87. The number of rotatable bonds is 7. The Bertz CT molecular complexity index is 1190. The van der Waals surface area contributed by atoms with E-state index in [4.69, 9.17) is 14.6 Å². The van der Waals surface area contributed by atoms with Gasteiger partial charge in [-0.1, -0.05) is 48.5 Å². The largest absolute Gasteiger partial charge is 0.496 e. The Morgan fingerprint density at radius 1 is 0.935 bits per heavy atom. The summed E-state index contributed by atoms with van der Waals surface area (Å²) in [6.45, 7) is 1.84. The molecule has 0 radical (unpaired) electrons. The van der Waals surface area contributed by atoms with Gasteiger partial charge < -0.3 is 14.8 Å². The molecule has 0 unspecified atom stereocenters. The highest BCUT2D eigenvalue weighted by Gasteiger charge is 2.16. The number of carbonyl (C=O) groups is 1. The number of hydrogen-bond acceptors (Lipinski definition) is 4. The number of nitrogens with one attached hydrogen (secondary N) is 1. The molecule has 1 aromatic heterocycles. The van der Waals surface area contributed by atoms with Gasteiger partial charge in [-0.05, 0) is 42.8 Å². The average Bonchev–Trinajstić information content (AvgIpc) is 3.22. The highest BCUT2D eigenvalue weighted by Crippen LogP contribution is 2.31. The van der Waals surface area contributed by atoms with Crippen LogP contribution in [0.3, 0.4) is 0 Å². The standard InChI is InChI=1S/C25H23N3O3/c1-18-10-6-8-14-22(18)31-17-25(29)26-24-16-21(20-13-7-9-15-23(20)30-2)27-28(24)19-11-4-3-5-12-19/h3-16H,17H2,1-2H3,(H,26,29). The van der Waals surface area contributed by atoms with Crippen LogP contribution in [-0.4, -0.2) is 29.4 Å². The minimum absolute atomic E-state index is 0.102. The molecule has 0 saturated carbocycles. The summed E-state index contributed by atoms with van der Waals surface area (Å²) >= 11 is 0. The van der Waals surface area contributed by atoms with E-state index in [2.05, 4.69) is 5.32 Å². The van der Waals surface area contributed by atoms with Crippen LogP contribution in [0.15, 0.2) is 84.9 Å². The van der Waals surface area contributed by atoms with Crippen molar-refractivity contribution in [3.8, 4) is 28.4 Å². The lowest BCUT2D eigenvalue weighted by Gasteiger charge is -2.11. The first kappa shape index (κ1) is 20.2. The summed E-state index contributed by atoms with van der Waals surface area (Å²) in [5.41, 5.74) is 3.34. The van der Waals surface area contributed by atoms with Gasteiger partial charge in [-0.3, -0.25) is 4.79 Å². The number of benzene rings is 3. The van der Waals surface area contributed by atoms with Gasteiger partial charge in [0.1, 0.15) is 17.3 Å². The summed E-state index contributed by atoms with van der Waals surface area (Å²) < 4.78 is 12.9. The van der Waals surface area contributed by atoms with E-state index in [9.17, 15) is 4.79 Å².